The van der Waals surface area contributed by atoms with Crippen molar-refractivity contribution >= 4 is 49.0 Å². The summed E-state index contributed by atoms with van der Waals surface area (Å²) in [5, 5.41) is 3.53. The molecule has 8 heteroatoms. The molecule has 0 radical (unpaired) electrons. The van der Waals surface area contributed by atoms with Gasteiger partial charge in [-0.1, -0.05) is 6.08 Å². The second-order valence-corrected chi connectivity index (χ2v) is 10.7. The summed E-state index contributed by atoms with van der Waals surface area (Å²) in [5.41, 5.74) is 9.14. The molecule has 1 aliphatic rings. The van der Waals surface area contributed by atoms with Crippen molar-refractivity contribution in [3.05, 3.63) is 64.5 Å². The third-order valence-electron chi connectivity index (χ3n) is 5.60. The van der Waals surface area contributed by atoms with E-state index in [0.717, 1.165) is 38.4 Å². The molecule has 0 fully saturated rings. The SMILES string of the molecule is CCS(=O)(=O)N1CC=C(/C(C)=C/c2c(Nc3ccc4ncsc4c3)ccnc2C)CC1. The Bertz CT molecular complexity index is 1280. The highest BCUT2D eigenvalue weighted by Gasteiger charge is 2.22. The number of nitrogens with zero attached hydrogens (tertiary/aromatic N) is 3. The van der Waals surface area contributed by atoms with Crippen LogP contribution in [-0.2, 0) is 10.0 Å². The van der Waals surface area contributed by atoms with Crippen molar-refractivity contribution in [2.24, 2.45) is 0 Å². The quantitative estimate of drug-likeness (QED) is 0.559. The Morgan fingerprint density at radius 3 is 2.87 bits per heavy atom. The van der Waals surface area contributed by atoms with Crippen molar-refractivity contribution < 1.29 is 8.42 Å². The lowest BCUT2D eigenvalue weighted by Gasteiger charge is -2.25. The molecule has 0 amide bonds. The van der Waals surface area contributed by atoms with Crippen LogP contribution in [0.4, 0.5) is 11.4 Å². The number of anilines is 2. The minimum atomic E-state index is -3.14. The highest BCUT2D eigenvalue weighted by atomic mass is 32.2. The van der Waals surface area contributed by atoms with Gasteiger partial charge in [0.2, 0.25) is 10.0 Å². The van der Waals surface area contributed by atoms with E-state index >= 15 is 0 Å². The third kappa shape index (κ3) is 4.71. The molecule has 0 saturated carbocycles. The predicted octanol–water partition coefficient (Wildman–Crippen LogP) is 5.13. The highest BCUT2D eigenvalue weighted by molar-refractivity contribution is 7.89. The van der Waals surface area contributed by atoms with E-state index in [1.54, 1.807) is 22.6 Å². The second kappa shape index (κ2) is 8.90. The number of aryl methyl sites for hydroxylation is 1. The molecule has 0 spiro atoms. The molecule has 4 rings (SSSR count). The Morgan fingerprint density at radius 2 is 2.13 bits per heavy atom. The van der Waals surface area contributed by atoms with Crippen molar-refractivity contribution in [2.75, 3.05) is 24.2 Å². The summed E-state index contributed by atoms with van der Waals surface area (Å²) in [6.07, 6.45) is 6.69. The maximum absolute atomic E-state index is 12.1. The zero-order chi connectivity index (χ0) is 22.0. The first-order valence-corrected chi connectivity index (χ1v) is 12.8. The maximum atomic E-state index is 12.1. The third-order valence-corrected chi connectivity index (χ3v) is 8.24. The van der Waals surface area contributed by atoms with E-state index in [0.29, 0.717) is 19.5 Å². The molecule has 3 heterocycles. The van der Waals surface area contributed by atoms with E-state index in [9.17, 15) is 8.42 Å². The predicted molar refractivity (Wildman–Crippen MR) is 129 cm³/mol. The van der Waals surface area contributed by atoms with Gasteiger partial charge in [0.25, 0.3) is 0 Å². The van der Waals surface area contributed by atoms with E-state index in [4.69, 9.17) is 0 Å². The fourth-order valence-electron chi connectivity index (χ4n) is 3.71. The van der Waals surface area contributed by atoms with Gasteiger partial charge in [-0.3, -0.25) is 4.98 Å². The number of nitrogens with one attached hydrogen (secondary N) is 1. The molecule has 31 heavy (non-hydrogen) atoms. The number of aromatic nitrogens is 2. The van der Waals surface area contributed by atoms with Crippen LogP contribution in [0.5, 0.6) is 0 Å². The number of pyridine rings is 1. The summed E-state index contributed by atoms with van der Waals surface area (Å²) in [6.45, 7) is 6.73. The lowest BCUT2D eigenvalue weighted by atomic mass is 9.98. The summed E-state index contributed by atoms with van der Waals surface area (Å²) in [5.74, 6) is 0.141. The van der Waals surface area contributed by atoms with Gasteiger partial charge in [0, 0.05) is 41.9 Å². The molecule has 1 aliphatic heterocycles. The first kappa shape index (κ1) is 21.7. The van der Waals surface area contributed by atoms with Gasteiger partial charge >= 0.3 is 0 Å². The highest BCUT2D eigenvalue weighted by Crippen LogP contribution is 2.30. The van der Waals surface area contributed by atoms with Gasteiger partial charge in [-0.2, -0.15) is 4.31 Å². The zero-order valence-electron chi connectivity index (χ0n) is 17.9. The molecule has 0 saturated heterocycles. The summed E-state index contributed by atoms with van der Waals surface area (Å²) in [4.78, 5) is 8.82. The van der Waals surface area contributed by atoms with E-state index in [-0.39, 0.29) is 5.75 Å². The molecule has 0 atom stereocenters. The number of hydrogen-bond donors (Lipinski definition) is 1. The van der Waals surface area contributed by atoms with Gasteiger partial charge in [0.15, 0.2) is 0 Å². The van der Waals surface area contributed by atoms with Crippen molar-refractivity contribution in [2.45, 2.75) is 27.2 Å². The van der Waals surface area contributed by atoms with Crippen LogP contribution in [0.2, 0.25) is 0 Å². The minimum absolute atomic E-state index is 0.141. The number of hydrogen-bond acceptors (Lipinski definition) is 6. The van der Waals surface area contributed by atoms with Crippen LogP contribution in [-0.4, -0.2) is 41.5 Å². The van der Waals surface area contributed by atoms with Crippen LogP contribution in [0.3, 0.4) is 0 Å². The average molecular weight is 455 g/mol. The number of sulfonamides is 1. The van der Waals surface area contributed by atoms with Crippen LogP contribution < -0.4 is 5.32 Å². The second-order valence-electron chi connectivity index (χ2n) is 7.58. The molecule has 1 N–H and O–H groups in total. The Hall–Kier alpha value is -2.55. The van der Waals surface area contributed by atoms with Gasteiger partial charge in [0.1, 0.15) is 0 Å². The Labute approximate surface area is 187 Å². The largest absolute Gasteiger partial charge is 0.355 e. The van der Waals surface area contributed by atoms with Crippen LogP contribution in [0.15, 0.2) is 53.2 Å². The van der Waals surface area contributed by atoms with Crippen LogP contribution >= 0.6 is 11.3 Å². The van der Waals surface area contributed by atoms with Crippen molar-refractivity contribution in [1.29, 1.82) is 0 Å². The van der Waals surface area contributed by atoms with Crippen LogP contribution in [0, 0.1) is 6.92 Å². The summed E-state index contributed by atoms with van der Waals surface area (Å²) in [7, 11) is -3.14. The molecule has 2 aromatic heterocycles. The van der Waals surface area contributed by atoms with Gasteiger partial charge in [-0.05, 0) is 68.7 Å². The minimum Gasteiger partial charge on any atom is -0.355 e. The Morgan fingerprint density at radius 1 is 1.29 bits per heavy atom. The average Bonchev–Trinajstić information content (AvgIpc) is 3.24. The molecule has 1 aromatic carbocycles. The lowest BCUT2D eigenvalue weighted by Crippen LogP contribution is -2.36. The summed E-state index contributed by atoms with van der Waals surface area (Å²) >= 11 is 1.62. The van der Waals surface area contributed by atoms with Crippen molar-refractivity contribution in [1.82, 2.24) is 14.3 Å². The van der Waals surface area contributed by atoms with E-state index < -0.39 is 10.0 Å². The van der Waals surface area contributed by atoms with Gasteiger partial charge in [-0.25, -0.2) is 13.4 Å². The fourth-order valence-corrected chi connectivity index (χ4v) is 5.46. The first-order chi connectivity index (χ1) is 14.9. The molecule has 6 nitrogen and oxygen atoms in total. The maximum Gasteiger partial charge on any atom is 0.214 e. The monoisotopic (exact) mass is 454 g/mol. The van der Waals surface area contributed by atoms with Crippen molar-refractivity contribution in [3.63, 3.8) is 0 Å². The summed E-state index contributed by atoms with van der Waals surface area (Å²) < 4.78 is 26.9. The molecular weight excluding hydrogens is 428 g/mol. The zero-order valence-corrected chi connectivity index (χ0v) is 19.6. The Balaban J connectivity index is 1.60. The van der Waals surface area contributed by atoms with Gasteiger partial charge < -0.3 is 5.32 Å². The molecule has 0 unspecified atom stereocenters. The Kier molecular flexibility index (Phi) is 6.22. The van der Waals surface area contributed by atoms with E-state index in [2.05, 4.69) is 34.4 Å². The standard InChI is InChI=1S/C23H26N4O2S2/c1-4-31(28,29)27-11-8-18(9-12-27)16(2)13-20-17(3)24-10-7-21(20)26-19-5-6-22-23(14-19)30-15-25-22/h5-8,10,13-15H,4,9,11-12H2,1-3H3,(H,24,26)/b16-13+. The fraction of sp³-hybridized carbons (Fsp3) is 0.304. The number of rotatable bonds is 6. The van der Waals surface area contributed by atoms with Crippen LogP contribution in [0.1, 0.15) is 31.5 Å². The van der Waals surface area contributed by atoms with Crippen LogP contribution in [0.25, 0.3) is 16.3 Å². The van der Waals surface area contributed by atoms with E-state index in [1.807, 2.05) is 42.9 Å². The number of allylic oxidation sites excluding steroid dienone is 1. The summed E-state index contributed by atoms with van der Waals surface area (Å²) in [6, 6.07) is 8.14. The first-order valence-electron chi connectivity index (χ1n) is 10.3. The van der Waals surface area contributed by atoms with E-state index in [1.165, 1.54) is 5.57 Å². The smallest absolute Gasteiger partial charge is 0.214 e. The number of thiazole rings is 1. The topological polar surface area (TPSA) is 75.2 Å². The molecule has 0 bridgehead atoms. The number of benzene rings is 1. The normalized spacial score (nSPS) is 15.8. The lowest BCUT2D eigenvalue weighted by molar-refractivity contribution is 0.433. The molecular formula is C23H26N4O2S2. The van der Waals surface area contributed by atoms with Gasteiger partial charge in [-0.15, -0.1) is 11.3 Å². The molecule has 3 aromatic rings. The molecule has 0 aliphatic carbocycles. The van der Waals surface area contributed by atoms with Gasteiger partial charge in [0.05, 0.1) is 21.5 Å². The number of fused-ring (bicyclic) bond motifs is 1. The molecule has 162 valence electrons. The van der Waals surface area contributed by atoms with Crippen molar-refractivity contribution in [3.8, 4) is 0 Å².